The Morgan fingerprint density at radius 2 is 1.81 bits per heavy atom. The second kappa shape index (κ2) is 11.6. The van der Waals surface area contributed by atoms with Crippen LogP contribution in [0.3, 0.4) is 0 Å². The second-order valence-corrected chi connectivity index (χ2v) is 10.2. The van der Waals surface area contributed by atoms with Crippen molar-refractivity contribution < 1.29 is 31.5 Å². The Kier molecular flexibility index (Phi) is 7.91. The highest BCUT2D eigenvalue weighted by Crippen LogP contribution is 2.37. The van der Waals surface area contributed by atoms with Gasteiger partial charge in [-0.2, -0.15) is 23.4 Å². The van der Waals surface area contributed by atoms with E-state index in [1.807, 2.05) is 6.07 Å². The summed E-state index contributed by atoms with van der Waals surface area (Å²) in [4.78, 5) is 37.8. The van der Waals surface area contributed by atoms with Gasteiger partial charge >= 0.3 is 5.51 Å². The minimum absolute atomic E-state index is 0.0340. The maximum Gasteiger partial charge on any atom is 0.447 e. The van der Waals surface area contributed by atoms with E-state index < -0.39 is 35.3 Å². The van der Waals surface area contributed by atoms with Crippen molar-refractivity contribution in [2.24, 2.45) is 0 Å². The molecule has 0 saturated carbocycles. The number of nitriles is 1. The van der Waals surface area contributed by atoms with Gasteiger partial charge < -0.3 is 4.74 Å². The highest BCUT2D eigenvalue weighted by molar-refractivity contribution is 8.00. The molecular formula is C25H13F5N8O2S2. The fraction of sp³-hybridized carbons (Fsp3) is 0.120. The molecule has 0 atom stereocenters. The van der Waals surface area contributed by atoms with Crippen LogP contribution in [0, 0.1) is 11.3 Å². The zero-order valence-electron chi connectivity index (χ0n) is 20.8. The summed E-state index contributed by atoms with van der Waals surface area (Å²) in [6.07, 6.45) is 1.62. The third-order valence-electron chi connectivity index (χ3n) is 5.47. The lowest BCUT2D eigenvalue weighted by Crippen LogP contribution is -2.13. The first kappa shape index (κ1) is 28.7. The van der Waals surface area contributed by atoms with Gasteiger partial charge in [-0.25, -0.2) is 23.7 Å². The number of alkyl halides is 5. The molecule has 0 aliphatic heterocycles. The van der Waals surface area contributed by atoms with Gasteiger partial charge in [0.05, 0.1) is 43.5 Å². The summed E-state index contributed by atoms with van der Waals surface area (Å²) in [6.45, 7) is 0. The molecule has 42 heavy (non-hydrogen) atoms. The number of anilines is 1. The summed E-state index contributed by atoms with van der Waals surface area (Å²) < 4.78 is 69.7. The van der Waals surface area contributed by atoms with E-state index in [9.17, 15) is 32.0 Å². The summed E-state index contributed by atoms with van der Waals surface area (Å²) in [7, 11) is 1.31. The van der Waals surface area contributed by atoms with Crippen molar-refractivity contribution in [1.29, 1.82) is 5.26 Å². The Hall–Kier alpha value is -4.82. The Morgan fingerprint density at radius 1 is 1.02 bits per heavy atom. The molecule has 10 nitrogen and oxygen atoms in total. The zero-order valence-corrected chi connectivity index (χ0v) is 22.5. The number of pyridine rings is 1. The van der Waals surface area contributed by atoms with Crippen molar-refractivity contribution in [3.05, 3.63) is 65.9 Å². The molecule has 4 aromatic heterocycles. The molecule has 1 N–H and O–H groups in total. The summed E-state index contributed by atoms with van der Waals surface area (Å²) in [6, 6.07) is 7.17. The lowest BCUT2D eigenvalue weighted by molar-refractivity contribution is -0.0329. The van der Waals surface area contributed by atoms with Crippen molar-refractivity contribution >= 4 is 44.6 Å². The molecule has 5 rings (SSSR count). The number of carbonyl (C=O) groups excluding carboxylic acids is 1. The van der Waals surface area contributed by atoms with Crippen molar-refractivity contribution in [2.75, 3.05) is 12.4 Å². The fourth-order valence-electron chi connectivity index (χ4n) is 3.67. The minimum Gasteiger partial charge on any atom is -0.494 e. The third-order valence-corrected chi connectivity index (χ3v) is 6.98. The Balaban J connectivity index is 1.44. The van der Waals surface area contributed by atoms with Crippen molar-refractivity contribution in [3.63, 3.8) is 0 Å². The molecule has 5 aromatic rings. The number of nitrogens with one attached hydrogen (secondary N) is 1. The molecule has 0 bridgehead atoms. The number of rotatable bonds is 7. The molecule has 0 spiro atoms. The lowest BCUT2D eigenvalue weighted by Gasteiger charge is -2.14. The lowest BCUT2D eigenvalue weighted by atomic mass is 9.96. The van der Waals surface area contributed by atoms with Crippen LogP contribution in [0.1, 0.15) is 28.0 Å². The van der Waals surface area contributed by atoms with Crippen LogP contribution in [0.15, 0.2) is 54.1 Å². The molecule has 0 aliphatic carbocycles. The molecule has 0 fully saturated rings. The van der Waals surface area contributed by atoms with Crippen LogP contribution in [-0.4, -0.2) is 48.4 Å². The topological polar surface area (TPSA) is 139 Å². The largest absolute Gasteiger partial charge is 0.494 e. The minimum atomic E-state index is -4.50. The SMILES string of the molecule is COc1cnc(C(F)F)cc1-c1cc(C#N)ccc1C(=O)Nc1nc2ncc(-c3cnc(SC(F)(F)F)cn3)nc2s1. The number of halogens is 5. The predicted octanol–water partition coefficient (Wildman–Crippen LogP) is 6.29. The number of ether oxygens (including phenoxy) is 1. The highest BCUT2D eigenvalue weighted by Gasteiger charge is 2.30. The van der Waals surface area contributed by atoms with Gasteiger partial charge in [-0.05, 0) is 29.8 Å². The summed E-state index contributed by atoms with van der Waals surface area (Å²) in [5.41, 5.74) is -4.00. The number of thioether (sulfide) groups is 1. The van der Waals surface area contributed by atoms with E-state index in [1.165, 1.54) is 31.5 Å². The van der Waals surface area contributed by atoms with Gasteiger partial charge in [-0.3, -0.25) is 20.1 Å². The average Bonchev–Trinajstić information content (AvgIpc) is 3.37. The molecule has 1 amide bonds. The normalized spacial score (nSPS) is 11.5. The molecule has 0 aliphatic rings. The number of hydrogen-bond donors (Lipinski definition) is 1. The van der Waals surface area contributed by atoms with Crippen molar-refractivity contribution in [2.45, 2.75) is 17.0 Å². The predicted molar refractivity (Wildman–Crippen MR) is 142 cm³/mol. The van der Waals surface area contributed by atoms with Gasteiger partial charge in [0.1, 0.15) is 27.9 Å². The van der Waals surface area contributed by atoms with Crippen LogP contribution in [0.2, 0.25) is 0 Å². The first-order valence-electron chi connectivity index (χ1n) is 11.4. The Labute approximate surface area is 240 Å². The standard InChI is InChI=1S/C25H13F5N8O2S2/c1-40-18-9-32-15(20(26)27)5-14(18)13-4-11(6-31)2-3-12(13)22(39)38-24-37-21-23(41-24)36-17(8-35-21)16-7-34-19(10-33-16)42-25(28,29)30/h2-5,7-10,20H,1H3,(H,35,37,38,39). The fourth-order valence-corrected chi connectivity index (χ4v) is 4.91. The first-order chi connectivity index (χ1) is 20.0. The van der Waals surface area contributed by atoms with E-state index in [0.29, 0.717) is 0 Å². The van der Waals surface area contributed by atoms with Crippen LogP contribution in [0.25, 0.3) is 33.0 Å². The Morgan fingerprint density at radius 3 is 2.48 bits per heavy atom. The highest BCUT2D eigenvalue weighted by atomic mass is 32.2. The van der Waals surface area contributed by atoms with E-state index in [2.05, 4.69) is 35.2 Å². The van der Waals surface area contributed by atoms with Crippen LogP contribution in [-0.2, 0) is 0 Å². The van der Waals surface area contributed by atoms with Gasteiger partial charge in [0, 0.05) is 22.9 Å². The van der Waals surface area contributed by atoms with Gasteiger partial charge in [-0.15, -0.1) is 0 Å². The summed E-state index contributed by atoms with van der Waals surface area (Å²) in [5, 5.41) is 11.8. The first-order valence-corrected chi connectivity index (χ1v) is 13.1. The smallest absolute Gasteiger partial charge is 0.447 e. The molecule has 0 unspecified atom stereocenters. The van der Waals surface area contributed by atoms with E-state index >= 15 is 0 Å². The number of nitrogens with zero attached hydrogens (tertiary/aromatic N) is 7. The van der Waals surface area contributed by atoms with E-state index in [4.69, 9.17) is 4.74 Å². The van der Waals surface area contributed by atoms with E-state index in [0.717, 1.165) is 36.0 Å². The average molecular weight is 617 g/mol. The quantitative estimate of drug-likeness (QED) is 0.164. The molecule has 1 aromatic carbocycles. The molecule has 17 heteroatoms. The second-order valence-electron chi connectivity index (χ2n) is 8.13. The van der Waals surface area contributed by atoms with Crippen LogP contribution in [0.4, 0.5) is 27.1 Å². The van der Waals surface area contributed by atoms with Crippen molar-refractivity contribution in [1.82, 2.24) is 29.9 Å². The molecule has 4 heterocycles. The van der Waals surface area contributed by atoms with Crippen LogP contribution < -0.4 is 10.1 Å². The van der Waals surface area contributed by atoms with Gasteiger partial charge in [0.25, 0.3) is 12.3 Å². The number of hydrogen-bond acceptors (Lipinski definition) is 11. The van der Waals surface area contributed by atoms with E-state index in [1.54, 1.807) is 0 Å². The van der Waals surface area contributed by atoms with Crippen molar-refractivity contribution in [3.8, 4) is 34.3 Å². The van der Waals surface area contributed by atoms with E-state index in [-0.39, 0.29) is 60.0 Å². The zero-order chi connectivity index (χ0) is 30.0. The van der Waals surface area contributed by atoms with Crippen LogP contribution >= 0.6 is 23.1 Å². The molecule has 212 valence electrons. The van der Waals surface area contributed by atoms with Gasteiger partial charge in [0.15, 0.2) is 15.6 Å². The van der Waals surface area contributed by atoms with Crippen LogP contribution in [0.5, 0.6) is 5.75 Å². The number of thiazole rings is 1. The number of benzene rings is 1. The molecular weight excluding hydrogens is 603 g/mol. The number of methoxy groups -OCH3 is 1. The van der Waals surface area contributed by atoms with Gasteiger partial charge in [0.2, 0.25) is 0 Å². The third kappa shape index (κ3) is 6.24. The number of aromatic nitrogens is 6. The Bertz CT molecular complexity index is 1840. The summed E-state index contributed by atoms with van der Waals surface area (Å²) in [5.74, 6) is -0.563. The maximum absolute atomic E-state index is 13.4. The number of fused-ring (bicyclic) bond motifs is 1. The number of amides is 1. The monoisotopic (exact) mass is 616 g/mol. The van der Waals surface area contributed by atoms with Gasteiger partial charge in [-0.1, -0.05) is 11.3 Å². The molecule has 0 radical (unpaired) electrons. The molecule has 0 saturated heterocycles. The number of carbonyl (C=O) groups is 1. The summed E-state index contributed by atoms with van der Waals surface area (Å²) >= 11 is 0.562. The maximum atomic E-state index is 13.4.